The van der Waals surface area contributed by atoms with Crippen LogP contribution in [0.1, 0.15) is 34.6 Å². The Morgan fingerprint density at radius 3 is 2.15 bits per heavy atom. The van der Waals surface area contributed by atoms with Gasteiger partial charge in [-0.2, -0.15) is 0 Å². The smallest absolute Gasteiger partial charge is 0.330 e. The summed E-state index contributed by atoms with van der Waals surface area (Å²) in [7, 11) is -1.55. The van der Waals surface area contributed by atoms with E-state index in [1.165, 1.54) is 6.08 Å². The van der Waals surface area contributed by atoms with Gasteiger partial charge in [0.05, 0.1) is 21.3 Å². The van der Waals surface area contributed by atoms with E-state index in [4.69, 9.17) is 9.47 Å². The summed E-state index contributed by atoms with van der Waals surface area (Å²) in [5, 5.41) is 0.266. The number of esters is 1. The number of hydrogen-bond acceptors (Lipinski definition) is 3. The maximum absolute atomic E-state index is 11.4. The summed E-state index contributed by atoms with van der Waals surface area (Å²) in [6.07, 6.45) is 3.32. The van der Waals surface area contributed by atoms with Crippen LogP contribution in [0.4, 0.5) is 0 Å². The van der Waals surface area contributed by atoms with Gasteiger partial charge in [-0.05, 0) is 24.5 Å². The van der Waals surface area contributed by atoms with Gasteiger partial charge in [-0.15, -0.1) is 0 Å². The van der Waals surface area contributed by atoms with Crippen LogP contribution >= 0.6 is 0 Å². The maximum atomic E-state index is 11.4. The Bertz CT molecular complexity index is 362. The number of carbonyl (C=O) groups excluding carboxylic acids is 1. The molecule has 0 aromatic heterocycles. The van der Waals surface area contributed by atoms with Gasteiger partial charge in [-0.25, -0.2) is 4.79 Å². The zero-order valence-corrected chi connectivity index (χ0v) is 15.1. The van der Waals surface area contributed by atoms with Crippen LogP contribution in [-0.2, 0) is 14.3 Å². The van der Waals surface area contributed by atoms with Gasteiger partial charge >= 0.3 is 5.97 Å². The fourth-order valence-electron chi connectivity index (χ4n) is 1.40. The van der Waals surface area contributed by atoms with E-state index in [9.17, 15) is 4.79 Å². The summed E-state index contributed by atoms with van der Waals surface area (Å²) in [6.45, 7) is 16.8. The molecule has 0 bridgehead atoms. The molecule has 0 atom stereocenters. The molecule has 0 saturated heterocycles. The number of rotatable bonds is 7. The average Bonchev–Trinajstić information content (AvgIpc) is 2.31. The summed E-state index contributed by atoms with van der Waals surface area (Å²) in [5.41, 5.74) is 3.38. The zero-order valence-electron chi connectivity index (χ0n) is 14.1. The molecular weight excluding hydrogens is 268 g/mol. The maximum Gasteiger partial charge on any atom is 0.330 e. The summed E-state index contributed by atoms with van der Waals surface area (Å²) in [6, 6.07) is 0. The normalized spacial score (nSPS) is 13.8. The van der Waals surface area contributed by atoms with E-state index in [1.54, 1.807) is 6.92 Å². The third-order valence-electron chi connectivity index (χ3n) is 3.67. The van der Waals surface area contributed by atoms with Crippen molar-refractivity contribution in [1.82, 2.24) is 0 Å². The Morgan fingerprint density at radius 2 is 1.70 bits per heavy atom. The highest BCUT2D eigenvalue weighted by Gasteiger charge is 2.33. The van der Waals surface area contributed by atoms with Gasteiger partial charge in [0.25, 0.3) is 0 Å². The molecule has 0 aromatic carbocycles. The third kappa shape index (κ3) is 7.06. The summed E-state index contributed by atoms with van der Waals surface area (Å²) >= 11 is 0. The van der Waals surface area contributed by atoms with Crippen molar-refractivity contribution >= 4 is 14.0 Å². The minimum atomic E-state index is -1.55. The van der Waals surface area contributed by atoms with E-state index in [-0.39, 0.29) is 11.0 Å². The van der Waals surface area contributed by atoms with Crippen molar-refractivity contribution in [2.75, 3.05) is 19.8 Å². The standard InChI is InChI=1S/C16H30O3Si/c1-8-18-12-14(10-11-15(17)19-9-2)13-20(6,7)16(3,4)5/h10-11,13H,8-9,12H2,1-7H3/b11-10+,14-13+. The molecule has 0 aliphatic carbocycles. The van der Waals surface area contributed by atoms with Gasteiger partial charge in [0.15, 0.2) is 0 Å². The van der Waals surface area contributed by atoms with Crippen LogP contribution in [0, 0.1) is 0 Å². The monoisotopic (exact) mass is 298 g/mol. The lowest BCUT2D eigenvalue weighted by atomic mass is 10.2. The van der Waals surface area contributed by atoms with Crippen LogP contribution in [0.15, 0.2) is 23.4 Å². The molecule has 0 radical (unpaired) electrons. The quantitative estimate of drug-likeness (QED) is 0.307. The molecule has 116 valence electrons. The van der Waals surface area contributed by atoms with E-state index >= 15 is 0 Å². The fourth-order valence-corrected chi connectivity index (χ4v) is 2.94. The Morgan fingerprint density at radius 1 is 1.10 bits per heavy atom. The molecule has 0 heterocycles. The number of carbonyl (C=O) groups is 1. The molecule has 0 N–H and O–H groups in total. The average molecular weight is 298 g/mol. The molecule has 0 aromatic rings. The fraction of sp³-hybridized carbons (Fsp3) is 0.688. The lowest BCUT2D eigenvalue weighted by Gasteiger charge is -2.34. The highest BCUT2D eigenvalue weighted by molar-refractivity contribution is 6.84. The van der Waals surface area contributed by atoms with E-state index in [1.807, 2.05) is 13.0 Å². The third-order valence-corrected chi connectivity index (χ3v) is 8.63. The second kappa shape index (κ2) is 8.42. The molecule has 0 unspecified atom stereocenters. The van der Waals surface area contributed by atoms with Crippen LogP contribution in [0.3, 0.4) is 0 Å². The lowest BCUT2D eigenvalue weighted by Crippen LogP contribution is -2.35. The van der Waals surface area contributed by atoms with Crippen molar-refractivity contribution in [2.45, 2.75) is 52.8 Å². The first-order chi connectivity index (χ1) is 9.14. The molecular formula is C16H30O3Si. The summed E-state index contributed by atoms with van der Waals surface area (Å²) in [4.78, 5) is 11.4. The van der Waals surface area contributed by atoms with Crippen LogP contribution < -0.4 is 0 Å². The second-order valence-electron chi connectivity index (χ2n) is 6.41. The van der Waals surface area contributed by atoms with E-state index in [0.29, 0.717) is 19.8 Å². The van der Waals surface area contributed by atoms with Gasteiger partial charge in [0.1, 0.15) is 0 Å². The molecule has 0 spiro atoms. The number of ether oxygens (including phenoxy) is 2. The molecule has 4 heteroatoms. The Balaban J connectivity index is 5.10. The summed E-state index contributed by atoms with van der Waals surface area (Å²) < 4.78 is 10.4. The molecule has 0 aliphatic rings. The highest BCUT2D eigenvalue weighted by Crippen LogP contribution is 2.37. The van der Waals surface area contributed by atoms with Crippen LogP contribution in [0.25, 0.3) is 0 Å². The van der Waals surface area contributed by atoms with Crippen molar-refractivity contribution in [2.24, 2.45) is 0 Å². The largest absolute Gasteiger partial charge is 0.463 e. The van der Waals surface area contributed by atoms with Crippen LogP contribution in [0.2, 0.25) is 18.1 Å². The van der Waals surface area contributed by atoms with Gasteiger partial charge in [0, 0.05) is 12.7 Å². The predicted molar refractivity (Wildman–Crippen MR) is 87.5 cm³/mol. The second-order valence-corrected chi connectivity index (χ2v) is 11.6. The lowest BCUT2D eigenvalue weighted by molar-refractivity contribution is -0.137. The van der Waals surface area contributed by atoms with Crippen molar-refractivity contribution in [3.63, 3.8) is 0 Å². The first kappa shape index (κ1) is 19.1. The van der Waals surface area contributed by atoms with Crippen molar-refractivity contribution in [3.8, 4) is 0 Å². The molecule has 0 rings (SSSR count). The Labute approximate surface area is 125 Å². The van der Waals surface area contributed by atoms with Crippen LogP contribution in [0.5, 0.6) is 0 Å². The van der Waals surface area contributed by atoms with Gasteiger partial charge in [0.2, 0.25) is 0 Å². The van der Waals surface area contributed by atoms with Gasteiger partial charge < -0.3 is 9.47 Å². The molecule has 0 fully saturated rings. The molecule has 3 nitrogen and oxygen atoms in total. The zero-order chi connectivity index (χ0) is 15.8. The van der Waals surface area contributed by atoms with E-state index in [0.717, 1.165) is 5.57 Å². The number of hydrogen-bond donors (Lipinski definition) is 0. The minimum Gasteiger partial charge on any atom is -0.463 e. The van der Waals surface area contributed by atoms with E-state index in [2.05, 4.69) is 39.6 Å². The van der Waals surface area contributed by atoms with Crippen LogP contribution in [-0.4, -0.2) is 33.9 Å². The predicted octanol–water partition coefficient (Wildman–Crippen LogP) is 4.12. The Kier molecular flexibility index (Phi) is 8.05. The van der Waals surface area contributed by atoms with Crippen molar-refractivity contribution < 1.29 is 14.3 Å². The molecule has 20 heavy (non-hydrogen) atoms. The molecule has 0 aliphatic heterocycles. The summed E-state index contributed by atoms with van der Waals surface area (Å²) in [5.74, 6) is -0.301. The minimum absolute atomic E-state index is 0.266. The van der Waals surface area contributed by atoms with Crippen molar-refractivity contribution in [3.05, 3.63) is 23.4 Å². The first-order valence-electron chi connectivity index (χ1n) is 7.28. The van der Waals surface area contributed by atoms with Crippen molar-refractivity contribution in [1.29, 1.82) is 0 Å². The highest BCUT2D eigenvalue weighted by atomic mass is 28.3. The van der Waals surface area contributed by atoms with Gasteiger partial charge in [-0.1, -0.05) is 45.6 Å². The van der Waals surface area contributed by atoms with E-state index < -0.39 is 8.07 Å². The van der Waals surface area contributed by atoms with Gasteiger partial charge in [-0.3, -0.25) is 0 Å². The topological polar surface area (TPSA) is 35.5 Å². The Hall–Kier alpha value is -0.873. The first-order valence-corrected chi connectivity index (χ1v) is 10.4. The SMILES string of the molecule is CCOCC(/C=C/C(=O)OCC)=C/[Si](C)(C)C(C)(C)C. The molecule has 0 amide bonds. The molecule has 0 saturated carbocycles.